The molecule has 8 heteroatoms. The molecule has 0 aliphatic heterocycles. The third kappa shape index (κ3) is 5.89. The first-order valence-electron chi connectivity index (χ1n) is 10.5. The van der Waals surface area contributed by atoms with Gasteiger partial charge in [-0.25, -0.2) is 13.4 Å². The van der Waals surface area contributed by atoms with Gasteiger partial charge in [0.1, 0.15) is 0 Å². The Kier molecular flexibility index (Phi) is 8.46. The Labute approximate surface area is 190 Å². The van der Waals surface area contributed by atoms with Gasteiger partial charge in [-0.2, -0.15) is 5.10 Å². The van der Waals surface area contributed by atoms with Crippen LogP contribution in [0.25, 0.3) is 0 Å². The molecule has 0 aliphatic rings. The summed E-state index contributed by atoms with van der Waals surface area (Å²) >= 11 is 0. The Morgan fingerprint density at radius 2 is 1.56 bits per heavy atom. The van der Waals surface area contributed by atoms with E-state index in [1.165, 1.54) is 14.0 Å². The summed E-state index contributed by atoms with van der Waals surface area (Å²) in [5.41, 5.74) is 9.73. The van der Waals surface area contributed by atoms with Gasteiger partial charge in [0.2, 0.25) is 0 Å². The van der Waals surface area contributed by atoms with Crippen molar-refractivity contribution in [1.82, 2.24) is 5.01 Å². The minimum absolute atomic E-state index is 0.183. The lowest BCUT2D eigenvalue weighted by Gasteiger charge is -2.17. The summed E-state index contributed by atoms with van der Waals surface area (Å²) < 4.78 is 25.3. The second-order valence-electron chi connectivity index (χ2n) is 7.77. The Morgan fingerprint density at radius 3 is 2.03 bits per heavy atom. The van der Waals surface area contributed by atoms with Gasteiger partial charge in [-0.1, -0.05) is 43.7 Å². The van der Waals surface area contributed by atoms with Crippen molar-refractivity contribution in [2.75, 3.05) is 12.8 Å². The number of nitrogens with two attached hydrogens (primary N) is 1. The van der Waals surface area contributed by atoms with Gasteiger partial charge >= 0.3 is 5.91 Å². The lowest BCUT2D eigenvalue weighted by molar-refractivity contribution is -0.125. The highest BCUT2D eigenvalue weighted by Crippen LogP contribution is 2.21. The standard InChI is InChI=1S/C24H31N3O4S/c1-6-19-12-18(14-25)13-20(7-2)22(19)23(28)24(29)27(5)26-17(4)15-32(30,31)21-10-8-16(3)9-11-21/h8-13H,6-7,14-15,25H2,1-5H3. The Hall–Kier alpha value is -2.84. The number of benzene rings is 2. The van der Waals surface area contributed by atoms with Crippen molar-refractivity contribution in [2.24, 2.45) is 10.8 Å². The van der Waals surface area contributed by atoms with E-state index in [1.807, 2.05) is 32.9 Å². The number of hydrogen-bond donors (Lipinski definition) is 1. The number of rotatable bonds is 9. The predicted octanol–water partition coefficient (Wildman–Crippen LogP) is 3.07. The van der Waals surface area contributed by atoms with Crippen LogP contribution in [0, 0.1) is 6.92 Å². The van der Waals surface area contributed by atoms with E-state index in [9.17, 15) is 18.0 Å². The van der Waals surface area contributed by atoms with Crippen LogP contribution in [0.2, 0.25) is 0 Å². The third-order valence-corrected chi connectivity index (χ3v) is 6.96. The number of sulfone groups is 1. The molecule has 172 valence electrons. The lowest BCUT2D eigenvalue weighted by atomic mass is 9.91. The van der Waals surface area contributed by atoms with Gasteiger partial charge < -0.3 is 5.73 Å². The number of carbonyl (C=O) groups excluding carboxylic acids is 2. The minimum atomic E-state index is -3.61. The zero-order valence-electron chi connectivity index (χ0n) is 19.3. The molecule has 1 amide bonds. The Morgan fingerprint density at radius 1 is 1.03 bits per heavy atom. The molecule has 0 saturated heterocycles. The molecule has 32 heavy (non-hydrogen) atoms. The zero-order valence-corrected chi connectivity index (χ0v) is 20.1. The molecule has 2 rings (SSSR count). The van der Waals surface area contributed by atoms with Crippen molar-refractivity contribution in [3.8, 4) is 0 Å². The van der Waals surface area contributed by atoms with Crippen LogP contribution >= 0.6 is 0 Å². The fraction of sp³-hybridized carbons (Fsp3) is 0.375. The molecule has 0 unspecified atom stereocenters. The molecule has 2 N–H and O–H groups in total. The summed E-state index contributed by atoms with van der Waals surface area (Å²) in [6.07, 6.45) is 1.16. The van der Waals surface area contributed by atoms with Crippen molar-refractivity contribution in [2.45, 2.75) is 52.0 Å². The Balaban J connectivity index is 2.27. The smallest absolute Gasteiger partial charge is 0.314 e. The van der Waals surface area contributed by atoms with E-state index >= 15 is 0 Å². The van der Waals surface area contributed by atoms with Gasteiger partial charge in [0.25, 0.3) is 5.78 Å². The number of likely N-dealkylation sites (N-methyl/N-ethyl adjacent to an activating group) is 1. The molecule has 0 aliphatic carbocycles. The molecule has 7 nitrogen and oxygen atoms in total. The molecule has 0 spiro atoms. The van der Waals surface area contributed by atoms with E-state index in [4.69, 9.17) is 5.73 Å². The summed E-state index contributed by atoms with van der Waals surface area (Å²) in [5, 5.41) is 4.99. The predicted molar refractivity (Wildman–Crippen MR) is 127 cm³/mol. The van der Waals surface area contributed by atoms with Gasteiger partial charge in [0.15, 0.2) is 9.84 Å². The van der Waals surface area contributed by atoms with Crippen molar-refractivity contribution >= 4 is 27.2 Å². The SMILES string of the molecule is CCc1cc(CN)cc(CC)c1C(=O)C(=O)N(C)N=C(C)CS(=O)(=O)c1ccc(C)cc1. The second kappa shape index (κ2) is 10.7. The molecule has 0 heterocycles. The monoisotopic (exact) mass is 457 g/mol. The average molecular weight is 458 g/mol. The van der Waals surface area contributed by atoms with Gasteiger partial charge in [-0.3, -0.25) is 9.59 Å². The summed E-state index contributed by atoms with van der Waals surface area (Å²) in [5.74, 6) is -1.84. The number of ketones is 1. The minimum Gasteiger partial charge on any atom is -0.326 e. The number of Topliss-reactive ketones (excluding diaryl/α,β-unsaturated/α-hetero) is 1. The van der Waals surface area contributed by atoms with Gasteiger partial charge in [0, 0.05) is 19.2 Å². The summed E-state index contributed by atoms with van der Waals surface area (Å²) in [6, 6.07) is 10.2. The number of hydrazone groups is 1. The Bertz CT molecular complexity index is 1110. The van der Waals surface area contributed by atoms with Crippen LogP contribution in [0.15, 0.2) is 46.4 Å². The summed E-state index contributed by atoms with van der Waals surface area (Å²) in [6.45, 7) is 7.57. The van der Waals surface area contributed by atoms with Crippen LogP contribution in [0.4, 0.5) is 0 Å². The van der Waals surface area contributed by atoms with Gasteiger partial charge in [0.05, 0.1) is 16.4 Å². The first-order chi connectivity index (χ1) is 15.0. The quantitative estimate of drug-likeness (QED) is 0.269. The maximum absolute atomic E-state index is 13.1. The van der Waals surface area contributed by atoms with Crippen LogP contribution in [0.1, 0.15) is 53.4 Å². The second-order valence-corrected chi connectivity index (χ2v) is 9.76. The maximum Gasteiger partial charge on any atom is 0.314 e. The van der Waals surface area contributed by atoms with Crippen LogP contribution in [-0.2, 0) is 34.0 Å². The zero-order chi connectivity index (χ0) is 24.1. The largest absolute Gasteiger partial charge is 0.326 e. The van der Waals surface area contributed by atoms with Crippen molar-refractivity contribution in [1.29, 1.82) is 0 Å². The number of carbonyl (C=O) groups is 2. The molecule has 0 fully saturated rings. The number of hydrogen-bond acceptors (Lipinski definition) is 6. The first kappa shape index (κ1) is 25.4. The molecule has 0 bridgehead atoms. The lowest BCUT2D eigenvalue weighted by Crippen LogP contribution is -2.32. The van der Waals surface area contributed by atoms with Crippen molar-refractivity contribution in [3.63, 3.8) is 0 Å². The number of nitrogens with zero attached hydrogens (tertiary/aromatic N) is 2. The fourth-order valence-electron chi connectivity index (χ4n) is 3.50. The molecular weight excluding hydrogens is 426 g/mol. The first-order valence-corrected chi connectivity index (χ1v) is 12.2. The van der Waals surface area contributed by atoms with Gasteiger partial charge in [-0.15, -0.1) is 0 Å². The van der Waals surface area contributed by atoms with E-state index in [-0.39, 0.29) is 16.4 Å². The number of amides is 1. The van der Waals surface area contributed by atoms with E-state index in [1.54, 1.807) is 24.3 Å². The summed E-state index contributed by atoms with van der Waals surface area (Å²) in [7, 11) is -2.26. The topological polar surface area (TPSA) is 110 Å². The average Bonchev–Trinajstić information content (AvgIpc) is 2.76. The fourth-order valence-corrected chi connectivity index (χ4v) is 4.82. The molecule has 2 aromatic rings. The molecule has 0 atom stereocenters. The molecule has 0 saturated carbocycles. The summed E-state index contributed by atoms with van der Waals surface area (Å²) in [4.78, 5) is 26.1. The van der Waals surface area contributed by atoms with Crippen molar-refractivity contribution < 1.29 is 18.0 Å². The van der Waals surface area contributed by atoms with E-state index < -0.39 is 21.5 Å². The molecule has 2 aromatic carbocycles. The maximum atomic E-state index is 13.1. The molecule has 0 aromatic heterocycles. The highest BCUT2D eigenvalue weighted by Gasteiger charge is 2.26. The highest BCUT2D eigenvalue weighted by atomic mass is 32.2. The van der Waals surface area contributed by atoms with Crippen LogP contribution in [0.5, 0.6) is 0 Å². The van der Waals surface area contributed by atoms with E-state index in [2.05, 4.69) is 5.10 Å². The molecule has 0 radical (unpaired) electrons. The van der Waals surface area contributed by atoms with Crippen LogP contribution in [-0.4, -0.2) is 43.6 Å². The van der Waals surface area contributed by atoms with Crippen LogP contribution < -0.4 is 5.73 Å². The van der Waals surface area contributed by atoms with E-state index in [0.29, 0.717) is 24.9 Å². The van der Waals surface area contributed by atoms with Crippen LogP contribution in [0.3, 0.4) is 0 Å². The van der Waals surface area contributed by atoms with Crippen molar-refractivity contribution in [3.05, 3.63) is 64.2 Å². The van der Waals surface area contributed by atoms with E-state index in [0.717, 1.165) is 27.3 Å². The molecular formula is C24H31N3O4S. The third-order valence-electron chi connectivity index (χ3n) is 5.17. The van der Waals surface area contributed by atoms with Gasteiger partial charge in [-0.05, 0) is 55.5 Å². The normalized spacial score (nSPS) is 12.0. The number of aryl methyl sites for hydroxylation is 3. The highest BCUT2D eigenvalue weighted by molar-refractivity contribution is 7.92.